The van der Waals surface area contributed by atoms with Gasteiger partial charge in [0, 0.05) is 43.1 Å². The predicted octanol–water partition coefficient (Wildman–Crippen LogP) is 5.15. The minimum Gasteiger partial charge on any atom is -0.497 e. The summed E-state index contributed by atoms with van der Waals surface area (Å²) in [7, 11) is 1.70. The lowest BCUT2D eigenvalue weighted by atomic mass is 9.83. The molecule has 27 heavy (non-hydrogen) atoms. The summed E-state index contributed by atoms with van der Waals surface area (Å²) in [6.45, 7) is 10.2. The smallest absolute Gasteiger partial charge is 0.118 e. The second-order valence-electron chi connectivity index (χ2n) is 7.04. The summed E-state index contributed by atoms with van der Waals surface area (Å²) < 4.78 is 10.1. The van der Waals surface area contributed by atoms with Gasteiger partial charge in [0.1, 0.15) is 5.75 Å². The number of halogens is 1. The lowest BCUT2D eigenvalue weighted by Crippen LogP contribution is -2.37. The number of nitrogens with zero attached hydrogens (tertiary/aromatic N) is 1. The fourth-order valence-corrected chi connectivity index (χ4v) is 3.55. The van der Waals surface area contributed by atoms with Gasteiger partial charge in [-0.05, 0) is 69.5 Å². The van der Waals surface area contributed by atoms with E-state index >= 15 is 0 Å². The standard InChI is InChI=1S/C18H22N2O.C4H10O.ClH/c1-18(2)16(13-8-10-19-11-9-13)12-17(20-18)14-4-6-15(21-3)7-5-14;1-3-5-4-2;/h4-11,16-17,20H,12H2,1-3H3;3-4H2,1-2H3;1H/t16-,17+;;/m0../s1. The Morgan fingerprint density at radius 1 is 1.00 bits per heavy atom. The molecule has 150 valence electrons. The first-order valence-corrected chi connectivity index (χ1v) is 9.41. The van der Waals surface area contributed by atoms with Gasteiger partial charge in [-0.25, -0.2) is 0 Å². The number of pyridine rings is 1. The van der Waals surface area contributed by atoms with E-state index in [9.17, 15) is 0 Å². The van der Waals surface area contributed by atoms with Crippen LogP contribution in [0, 0.1) is 0 Å². The zero-order valence-corrected chi connectivity index (χ0v) is 17.9. The maximum Gasteiger partial charge on any atom is 0.118 e. The van der Waals surface area contributed by atoms with Crippen molar-refractivity contribution in [3.05, 3.63) is 59.9 Å². The minimum absolute atomic E-state index is 0. The number of ether oxygens (including phenoxy) is 2. The Hall–Kier alpha value is -1.62. The molecule has 1 N–H and O–H groups in total. The minimum atomic E-state index is 0. The molecule has 3 rings (SSSR count). The number of nitrogens with one attached hydrogen (secondary N) is 1. The van der Waals surface area contributed by atoms with Crippen molar-refractivity contribution in [2.75, 3.05) is 20.3 Å². The van der Waals surface area contributed by atoms with Crippen molar-refractivity contribution in [1.29, 1.82) is 0 Å². The van der Waals surface area contributed by atoms with Crippen molar-refractivity contribution in [2.45, 2.75) is 51.6 Å². The molecule has 1 saturated heterocycles. The zero-order chi connectivity index (χ0) is 19.0. The number of methoxy groups -OCH3 is 1. The highest BCUT2D eigenvalue weighted by Crippen LogP contribution is 2.43. The molecule has 1 aliphatic heterocycles. The Kier molecular flexibility index (Phi) is 9.78. The van der Waals surface area contributed by atoms with E-state index in [-0.39, 0.29) is 17.9 Å². The molecule has 0 spiro atoms. The third-order valence-corrected chi connectivity index (χ3v) is 4.92. The summed E-state index contributed by atoms with van der Waals surface area (Å²) in [5, 5.41) is 3.77. The van der Waals surface area contributed by atoms with Crippen molar-refractivity contribution < 1.29 is 9.47 Å². The van der Waals surface area contributed by atoms with Gasteiger partial charge in [-0.3, -0.25) is 4.98 Å². The Labute approximate surface area is 170 Å². The van der Waals surface area contributed by atoms with E-state index < -0.39 is 0 Å². The molecule has 0 bridgehead atoms. The number of rotatable bonds is 5. The molecule has 1 fully saturated rings. The number of benzene rings is 1. The Bertz CT molecular complexity index is 645. The van der Waals surface area contributed by atoms with Gasteiger partial charge in [0.2, 0.25) is 0 Å². The summed E-state index contributed by atoms with van der Waals surface area (Å²) >= 11 is 0. The summed E-state index contributed by atoms with van der Waals surface area (Å²) in [6.07, 6.45) is 4.86. The summed E-state index contributed by atoms with van der Waals surface area (Å²) in [5.74, 6) is 1.40. The van der Waals surface area contributed by atoms with Crippen LogP contribution in [-0.2, 0) is 4.74 Å². The maximum atomic E-state index is 5.24. The number of aromatic nitrogens is 1. The first-order chi connectivity index (χ1) is 12.5. The van der Waals surface area contributed by atoms with E-state index in [2.05, 4.69) is 48.4 Å². The van der Waals surface area contributed by atoms with Crippen molar-refractivity contribution in [3.63, 3.8) is 0 Å². The average molecular weight is 393 g/mol. The first kappa shape index (κ1) is 23.4. The van der Waals surface area contributed by atoms with Gasteiger partial charge in [0.15, 0.2) is 0 Å². The maximum absolute atomic E-state index is 5.24. The van der Waals surface area contributed by atoms with Gasteiger partial charge in [-0.2, -0.15) is 0 Å². The van der Waals surface area contributed by atoms with Crippen LogP contribution in [-0.4, -0.2) is 30.8 Å². The van der Waals surface area contributed by atoms with Gasteiger partial charge < -0.3 is 14.8 Å². The molecule has 1 aromatic heterocycles. The molecule has 1 aromatic carbocycles. The van der Waals surface area contributed by atoms with Crippen LogP contribution >= 0.6 is 12.4 Å². The number of hydrogen-bond acceptors (Lipinski definition) is 4. The van der Waals surface area contributed by atoms with Crippen LogP contribution < -0.4 is 10.1 Å². The normalized spacial score (nSPS) is 20.2. The third-order valence-electron chi connectivity index (χ3n) is 4.92. The van der Waals surface area contributed by atoms with Gasteiger partial charge >= 0.3 is 0 Å². The van der Waals surface area contributed by atoms with Crippen LogP contribution in [0.4, 0.5) is 0 Å². The second kappa shape index (κ2) is 11.3. The molecule has 5 heteroatoms. The topological polar surface area (TPSA) is 43.4 Å². The van der Waals surface area contributed by atoms with Crippen molar-refractivity contribution in [3.8, 4) is 5.75 Å². The second-order valence-corrected chi connectivity index (χ2v) is 7.04. The molecule has 4 nitrogen and oxygen atoms in total. The van der Waals surface area contributed by atoms with E-state index in [1.807, 2.05) is 38.4 Å². The summed E-state index contributed by atoms with van der Waals surface area (Å²) in [4.78, 5) is 4.13. The molecule has 2 atom stereocenters. The Morgan fingerprint density at radius 2 is 1.59 bits per heavy atom. The summed E-state index contributed by atoms with van der Waals surface area (Å²) in [5.41, 5.74) is 2.75. The van der Waals surface area contributed by atoms with Crippen LogP contribution in [0.1, 0.15) is 57.2 Å². The van der Waals surface area contributed by atoms with Crippen molar-refractivity contribution in [2.24, 2.45) is 0 Å². The average Bonchev–Trinajstić information content (AvgIpc) is 2.99. The molecule has 1 aliphatic rings. The van der Waals surface area contributed by atoms with E-state index in [0.29, 0.717) is 12.0 Å². The predicted molar refractivity (Wildman–Crippen MR) is 114 cm³/mol. The number of hydrogen-bond donors (Lipinski definition) is 1. The fourth-order valence-electron chi connectivity index (χ4n) is 3.55. The van der Waals surface area contributed by atoms with Crippen LogP contribution in [0.3, 0.4) is 0 Å². The van der Waals surface area contributed by atoms with Crippen LogP contribution in [0.25, 0.3) is 0 Å². The molecular formula is C22H33ClN2O2. The molecule has 2 heterocycles. The lowest BCUT2D eigenvalue weighted by Gasteiger charge is -2.27. The molecule has 0 amide bonds. The van der Waals surface area contributed by atoms with Crippen molar-refractivity contribution in [1.82, 2.24) is 10.3 Å². The quantitative estimate of drug-likeness (QED) is 0.763. The van der Waals surface area contributed by atoms with Gasteiger partial charge in [-0.1, -0.05) is 12.1 Å². The van der Waals surface area contributed by atoms with Crippen molar-refractivity contribution >= 4 is 12.4 Å². The first-order valence-electron chi connectivity index (χ1n) is 9.41. The fraction of sp³-hybridized carbons (Fsp3) is 0.500. The molecule has 0 unspecified atom stereocenters. The van der Waals surface area contributed by atoms with Gasteiger partial charge in [0.05, 0.1) is 7.11 Å². The highest BCUT2D eigenvalue weighted by molar-refractivity contribution is 5.85. The van der Waals surface area contributed by atoms with Crippen LogP contribution in [0.15, 0.2) is 48.8 Å². The van der Waals surface area contributed by atoms with E-state index in [1.54, 1.807) is 7.11 Å². The zero-order valence-electron chi connectivity index (χ0n) is 17.1. The highest BCUT2D eigenvalue weighted by Gasteiger charge is 2.40. The van der Waals surface area contributed by atoms with E-state index in [1.165, 1.54) is 11.1 Å². The summed E-state index contributed by atoms with van der Waals surface area (Å²) in [6, 6.07) is 13.0. The SMILES string of the molecule is CCOCC.COc1ccc([C@H]2C[C@@H](c3ccncc3)C(C)(C)N2)cc1.Cl. The Morgan fingerprint density at radius 3 is 2.07 bits per heavy atom. The molecule has 0 saturated carbocycles. The lowest BCUT2D eigenvalue weighted by molar-refractivity contribution is 0.162. The van der Waals surface area contributed by atoms with Gasteiger partial charge in [0.25, 0.3) is 0 Å². The van der Waals surface area contributed by atoms with Crippen LogP contribution in [0.5, 0.6) is 5.75 Å². The molecule has 2 aromatic rings. The molecular weight excluding hydrogens is 360 g/mol. The molecule has 0 radical (unpaired) electrons. The van der Waals surface area contributed by atoms with E-state index in [4.69, 9.17) is 9.47 Å². The third kappa shape index (κ3) is 6.49. The molecule has 0 aliphatic carbocycles. The van der Waals surface area contributed by atoms with Crippen LogP contribution in [0.2, 0.25) is 0 Å². The largest absolute Gasteiger partial charge is 0.497 e. The van der Waals surface area contributed by atoms with E-state index in [0.717, 1.165) is 25.4 Å². The Balaban J connectivity index is 0.000000542. The monoisotopic (exact) mass is 392 g/mol. The van der Waals surface area contributed by atoms with Gasteiger partial charge in [-0.15, -0.1) is 12.4 Å². The highest BCUT2D eigenvalue weighted by atomic mass is 35.5.